The lowest BCUT2D eigenvalue weighted by Gasteiger charge is -2.42. The van der Waals surface area contributed by atoms with Crippen LogP contribution in [0.5, 0.6) is 0 Å². The topological polar surface area (TPSA) is 79.8 Å². The summed E-state index contributed by atoms with van der Waals surface area (Å²) in [5, 5.41) is 7.17. The predicted molar refractivity (Wildman–Crippen MR) is 103 cm³/mol. The highest BCUT2D eigenvalue weighted by atomic mass is 79.9. The van der Waals surface area contributed by atoms with Crippen molar-refractivity contribution in [1.29, 1.82) is 0 Å². The van der Waals surface area contributed by atoms with E-state index in [2.05, 4.69) is 31.8 Å². The molecule has 1 aliphatic carbocycles. The molecule has 6 nitrogen and oxygen atoms in total. The molecular formula is C19H23BrFN3O3. The van der Waals surface area contributed by atoms with Gasteiger partial charge in [-0.15, -0.1) is 0 Å². The van der Waals surface area contributed by atoms with Crippen molar-refractivity contribution >= 4 is 33.6 Å². The first-order valence-electron chi connectivity index (χ1n) is 9.09. The third-order valence-electron chi connectivity index (χ3n) is 5.21. The van der Waals surface area contributed by atoms with E-state index in [1.54, 1.807) is 6.07 Å². The van der Waals surface area contributed by atoms with Crippen LogP contribution in [-0.2, 0) is 9.53 Å². The van der Waals surface area contributed by atoms with Gasteiger partial charge in [-0.05, 0) is 63.1 Å². The molecule has 0 bridgehead atoms. The van der Waals surface area contributed by atoms with Gasteiger partial charge in [-0.25, -0.2) is 14.6 Å². The number of amides is 2. The van der Waals surface area contributed by atoms with Gasteiger partial charge in [0.15, 0.2) is 5.60 Å². The van der Waals surface area contributed by atoms with E-state index in [0.29, 0.717) is 34.5 Å². The Morgan fingerprint density at radius 1 is 1.48 bits per heavy atom. The Kier molecular flexibility index (Phi) is 5.83. The highest BCUT2D eigenvalue weighted by Crippen LogP contribution is 2.41. The van der Waals surface area contributed by atoms with Crippen LogP contribution in [0.1, 0.15) is 51.5 Å². The lowest BCUT2D eigenvalue weighted by atomic mass is 9.73. The molecule has 0 saturated heterocycles. The molecule has 27 heavy (non-hydrogen) atoms. The number of nitrogens with zero attached hydrogens (tertiary/aromatic N) is 1. The maximum atomic E-state index is 13.5. The van der Waals surface area contributed by atoms with E-state index in [1.807, 2.05) is 6.92 Å². The third kappa shape index (κ3) is 4.48. The van der Waals surface area contributed by atoms with Crippen LogP contribution in [0.3, 0.4) is 0 Å². The average molecular weight is 440 g/mol. The number of benzene rings is 1. The molecule has 2 N–H and O–H groups in total. The van der Waals surface area contributed by atoms with E-state index < -0.39 is 11.7 Å². The molecule has 1 fully saturated rings. The summed E-state index contributed by atoms with van der Waals surface area (Å²) in [4.78, 5) is 23.1. The standard InChI is InChI=1S/C19H23BrFN3O3/c1-11(22-12(2)25)9-13-5-7-19(8-6-13)17(23-24-18(26)27-19)15-4-3-14(21)10-16(15)20/h3-4,10-11,13H,5-9H2,1-2H3,(H,22,25)(H,24,26)/t11-,13?,19?/m0/s1. The molecule has 8 heteroatoms. The molecule has 2 aliphatic rings. The van der Waals surface area contributed by atoms with Crippen LogP contribution in [0.25, 0.3) is 0 Å². The van der Waals surface area contributed by atoms with E-state index in [4.69, 9.17) is 4.74 Å². The Balaban J connectivity index is 1.77. The van der Waals surface area contributed by atoms with Crippen LogP contribution in [0.2, 0.25) is 0 Å². The Morgan fingerprint density at radius 2 is 2.19 bits per heavy atom. The van der Waals surface area contributed by atoms with Crippen molar-refractivity contribution in [1.82, 2.24) is 10.7 Å². The van der Waals surface area contributed by atoms with Gasteiger partial charge in [-0.1, -0.05) is 15.9 Å². The van der Waals surface area contributed by atoms with E-state index in [1.165, 1.54) is 19.1 Å². The second kappa shape index (κ2) is 7.96. The van der Waals surface area contributed by atoms with Crippen LogP contribution >= 0.6 is 15.9 Å². The summed E-state index contributed by atoms with van der Waals surface area (Å²) < 4.78 is 19.8. The van der Waals surface area contributed by atoms with Crippen molar-refractivity contribution in [3.05, 3.63) is 34.1 Å². The van der Waals surface area contributed by atoms with Gasteiger partial charge in [0.2, 0.25) is 5.91 Å². The number of carbonyl (C=O) groups excluding carboxylic acids is 2. The number of halogens is 2. The van der Waals surface area contributed by atoms with Crippen molar-refractivity contribution in [2.75, 3.05) is 0 Å². The van der Waals surface area contributed by atoms with Crippen molar-refractivity contribution < 1.29 is 18.7 Å². The van der Waals surface area contributed by atoms with Crippen LogP contribution in [0.4, 0.5) is 9.18 Å². The van der Waals surface area contributed by atoms with E-state index in [-0.39, 0.29) is 17.8 Å². The second-order valence-corrected chi connectivity index (χ2v) is 8.22. The van der Waals surface area contributed by atoms with Crippen molar-refractivity contribution in [2.24, 2.45) is 11.0 Å². The molecular weight excluding hydrogens is 417 g/mol. The van der Waals surface area contributed by atoms with Gasteiger partial charge >= 0.3 is 6.09 Å². The van der Waals surface area contributed by atoms with Crippen LogP contribution in [0, 0.1) is 11.7 Å². The van der Waals surface area contributed by atoms with Crippen molar-refractivity contribution in [2.45, 2.75) is 57.6 Å². The van der Waals surface area contributed by atoms with Gasteiger partial charge in [0, 0.05) is 23.0 Å². The fourth-order valence-electron chi connectivity index (χ4n) is 4.06. The zero-order valence-corrected chi connectivity index (χ0v) is 16.9. The summed E-state index contributed by atoms with van der Waals surface area (Å²) >= 11 is 3.39. The monoisotopic (exact) mass is 439 g/mol. The van der Waals surface area contributed by atoms with Gasteiger partial charge in [0.05, 0.1) is 0 Å². The molecule has 1 saturated carbocycles. The SMILES string of the molecule is CC(=O)N[C@@H](C)CC1CCC2(CC1)OC(=O)NN=C2c1ccc(F)cc1Br. The van der Waals surface area contributed by atoms with Crippen LogP contribution in [0.15, 0.2) is 27.8 Å². The summed E-state index contributed by atoms with van der Waals surface area (Å²) in [6, 6.07) is 4.50. The lowest BCUT2D eigenvalue weighted by molar-refractivity contribution is -0.119. The Hall–Kier alpha value is -1.96. The Labute approximate surface area is 166 Å². The van der Waals surface area contributed by atoms with Crippen molar-refractivity contribution in [3.63, 3.8) is 0 Å². The number of nitrogens with one attached hydrogen (secondary N) is 2. The fraction of sp³-hybridized carbons (Fsp3) is 0.526. The first-order chi connectivity index (χ1) is 12.8. The lowest BCUT2D eigenvalue weighted by Crippen LogP contribution is -2.52. The van der Waals surface area contributed by atoms with Gasteiger partial charge < -0.3 is 10.1 Å². The zero-order chi connectivity index (χ0) is 19.6. The van der Waals surface area contributed by atoms with Crippen molar-refractivity contribution in [3.8, 4) is 0 Å². The Morgan fingerprint density at radius 3 is 2.81 bits per heavy atom. The van der Waals surface area contributed by atoms with Gasteiger partial charge in [-0.3, -0.25) is 4.79 Å². The summed E-state index contributed by atoms with van der Waals surface area (Å²) in [5.74, 6) is 0.0540. The summed E-state index contributed by atoms with van der Waals surface area (Å²) in [6.07, 6.45) is 3.31. The highest BCUT2D eigenvalue weighted by Gasteiger charge is 2.46. The second-order valence-electron chi connectivity index (χ2n) is 7.36. The zero-order valence-electron chi connectivity index (χ0n) is 15.4. The molecule has 1 aliphatic heterocycles. The normalized spacial score (nSPS) is 26.0. The quantitative estimate of drug-likeness (QED) is 0.746. The molecule has 1 spiro atoms. The summed E-state index contributed by atoms with van der Waals surface area (Å²) in [7, 11) is 0. The van der Waals surface area contributed by atoms with E-state index in [0.717, 1.165) is 19.3 Å². The number of ether oxygens (including phenoxy) is 1. The third-order valence-corrected chi connectivity index (χ3v) is 5.87. The van der Waals surface area contributed by atoms with Crippen LogP contribution < -0.4 is 10.7 Å². The minimum absolute atomic E-state index is 0.0300. The molecule has 1 heterocycles. The van der Waals surface area contributed by atoms with E-state index in [9.17, 15) is 14.0 Å². The molecule has 3 rings (SSSR count). The molecule has 1 atom stereocenters. The average Bonchev–Trinajstić information content (AvgIpc) is 2.57. The minimum atomic E-state index is -0.809. The van der Waals surface area contributed by atoms with E-state index >= 15 is 0 Å². The smallest absolute Gasteiger partial charge is 0.428 e. The first-order valence-corrected chi connectivity index (χ1v) is 9.88. The predicted octanol–water partition coefficient (Wildman–Crippen LogP) is 3.88. The molecule has 0 unspecified atom stereocenters. The number of carbonyl (C=O) groups is 2. The maximum Gasteiger partial charge on any atom is 0.428 e. The van der Waals surface area contributed by atoms with Crippen LogP contribution in [-0.4, -0.2) is 29.4 Å². The molecule has 1 aromatic rings. The maximum absolute atomic E-state index is 13.5. The van der Waals surface area contributed by atoms with Gasteiger partial charge in [-0.2, -0.15) is 5.10 Å². The minimum Gasteiger partial charge on any atom is -0.435 e. The van der Waals surface area contributed by atoms with Gasteiger partial charge in [0.1, 0.15) is 11.5 Å². The molecule has 0 radical (unpaired) electrons. The first kappa shape index (κ1) is 19.8. The molecule has 0 aromatic heterocycles. The molecule has 2 amide bonds. The molecule has 1 aromatic carbocycles. The largest absolute Gasteiger partial charge is 0.435 e. The summed E-state index contributed by atoms with van der Waals surface area (Å²) in [5.41, 5.74) is 2.89. The number of hydrazone groups is 1. The highest BCUT2D eigenvalue weighted by molar-refractivity contribution is 9.10. The Bertz CT molecular complexity index is 775. The molecule has 146 valence electrons. The number of hydrogen-bond acceptors (Lipinski definition) is 4. The number of hydrogen-bond donors (Lipinski definition) is 2. The number of rotatable bonds is 4. The summed E-state index contributed by atoms with van der Waals surface area (Å²) in [6.45, 7) is 3.52. The van der Waals surface area contributed by atoms with Gasteiger partial charge in [0.25, 0.3) is 0 Å². The fourth-order valence-corrected chi connectivity index (χ4v) is 4.60.